The fraction of sp³-hybridized carbons (Fsp3) is 0.0909. The molecule has 0 aliphatic rings. The van der Waals surface area contributed by atoms with E-state index in [2.05, 4.69) is 20.0 Å². The van der Waals surface area contributed by atoms with Gasteiger partial charge in [-0.3, -0.25) is 0 Å². The largest absolute Gasteiger partial charge is 0.416 e. The highest BCUT2D eigenvalue weighted by molar-refractivity contribution is 6.13. The molecular formula is C55H34F6N4. The summed E-state index contributed by atoms with van der Waals surface area (Å²) in [5, 5.41) is 13.2. The summed E-state index contributed by atoms with van der Waals surface area (Å²) in [6, 6.07) is 46.3. The van der Waals surface area contributed by atoms with Crippen LogP contribution in [-0.4, -0.2) is 9.13 Å². The lowest BCUT2D eigenvalue weighted by Gasteiger charge is -2.20. The van der Waals surface area contributed by atoms with Gasteiger partial charge in [0.1, 0.15) is 0 Å². The lowest BCUT2D eigenvalue weighted by atomic mass is 9.97. The predicted molar refractivity (Wildman–Crippen MR) is 247 cm³/mol. The number of halogens is 6. The van der Waals surface area contributed by atoms with Crippen molar-refractivity contribution in [2.45, 2.75) is 33.1 Å². The summed E-state index contributed by atoms with van der Waals surface area (Å²) in [5.41, 5.74) is 8.80. The van der Waals surface area contributed by atoms with Gasteiger partial charge in [0.15, 0.2) is 5.69 Å². The van der Waals surface area contributed by atoms with Crippen LogP contribution in [-0.2, 0) is 12.4 Å². The van der Waals surface area contributed by atoms with Gasteiger partial charge in [0.05, 0.1) is 62.8 Å². The maximum atomic E-state index is 14.0. The van der Waals surface area contributed by atoms with Gasteiger partial charge in [-0.15, -0.1) is 0 Å². The first-order valence-electron chi connectivity index (χ1n) is 20.6. The van der Waals surface area contributed by atoms with E-state index < -0.39 is 23.5 Å². The number of aromatic nitrogens is 2. The second-order valence-corrected chi connectivity index (χ2v) is 16.5. The van der Waals surface area contributed by atoms with Crippen LogP contribution in [0.2, 0.25) is 0 Å². The van der Waals surface area contributed by atoms with Crippen molar-refractivity contribution in [3.05, 3.63) is 196 Å². The van der Waals surface area contributed by atoms with E-state index in [1.165, 1.54) is 6.07 Å². The smallest absolute Gasteiger partial charge is 0.308 e. The van der Waals surface area contributed by atoms with Crippen molar-refractivity contribution in [2.75, 3.05) is 0 Å². The third-order valence-corrected chi connectivity index (χ3v) is 12.0. The van der Waals surface area contributed by atoms with Gasteiger partial charge in [-0.1, -0.05) is 66.7 Å². The first-order chi connectivity index (χ1) is 31.1. The number of nitrogens with zero attached hydrogens (tertiary/aromatic N) is 4. The Morgan fingerprint density at radius 3 is 1.38 bits per heavy atom. The zero-order valence-corrected chi connectivity index (χ0v) is 35.0. The highest BCUT2D eigenvalue weighted by atomic mass is 19.4. The van der Waals surface area contributed by atoms with Crippen molar-refractivity contribution in [3.63, 3.8) is 0 Å². The molecule has 8 aromatic carbocycles. The molecular weight excluding hydrogens is 831 g/mol. The summed E-state index contributed by atoms with van der Waals surface area (Å²) in [6.45, 7) is 13.7. The summed E-state index contributed by atoms with van der Waals surface area (Å²) in [4.78, 5) is 4.05. The summed E-state index contributed by atoms with van der Waals surface area (Å²) < 4.78 is 88.3. The minimum atomic E-state index is -4.52. The second kappa shape index (κ2) is 15.0. The van der Waals surface area contributed by atoms with E-state index in [9.17, 15) is 31.6 Å². The zero-order valence-electron chi connectivity index (χ0n) is 35.0. The van der Waals surface area contributed by atoms with Crippen LogP contribution < -0.4 is 0 Å². The lowest BCUT2D eigenvalue weighted by molar-refractivity contribution is -0.138. The monoisotopic (exact) mass is 864 g/mol. The van der Waals surface area contributed by atoms with Crippen LogP contribution in [0.1, 0.15) is 33.4 Å². The van der Waals surface area contributed by atoms with Crippen molar-refractivity contribution in [1.82, 2.24) is 9.13 Å². The molecule has 0 bridgehead atoms. The Morgan fingerprint density at radius 1 is 0.462 bits per heavy atom. The van der Waals surface area contributed by atoms with Crippen LogP contribution in [0, 0.1) is 38.7 Å². The van der Waals surface area contributed by atoms with Crippen LogP contribution in [0.25, 0.3) is 93.2 Å². The summed E-state index contributed by atoms with van der Waals surface area (Å²) in [6.07, 6.45) is -9.05. The fourth-order valence-electron chi connectivity index (χ4n) is 9.30. The number of alkyl halides is 6. The van der Waals surface area contributed by atoms with Gasteiger partial charge in [0.25, 0.3) is 0 Å². The number of benzene rings is 8. The maximum absolute atomic E-state index is 14.0. The van der Waals surface area contributed by atoms with E-state index in [1.807, 2.05) is 110 Å². The number of rotatable bonds is 5. The zero-order chi connectivity index (χ0) is 45.5. The van der Waals surface area contributed by atoms with Crippen LogP contribution in [0.15, 0.2) is 152 Å². The van der Waals surface area contributed by atoms with Crippen LogP contribution in [0.3, 0.4) is 0 Å². The van der Waals surface area contributed by atoms with E-state index in [4.69, 9.17) is 6.57 Å². The first-order valence-corrected chi connectivity index (χ1v) is 20.6. The highest BCUT2D eigenvalue weighted by Gasteiger charge is 2.32. The van der Waals surface area contributed by atoms with Crippen LogP contribution >= 0.6 is 0 Å². The SMILES string of the molecule is [C-]#[N+]c1cc(-n2c3ccccc3c3cc(-c4cc(C)cc(C(F)(F)F)c4)ccc32)c(-n2c3ccccc3c3cc(-c4cc(C)cc(C(F)(F)F)c4)ccc32)cc1-c1cc(C)cc(C#N)c1. The van der Waals surface area contributed by atoms with E-state index in [0.717, 1.165) is 67.4 Å². The average molecular weight is 865 g/mol. The third kappa shape index (κ3) is 7.04. The van der Waals surface area contributed by atoms with Gasteiger partial charge < -0.3 is 9.13 Å². The Bertz CT molecular complexity index is 3700. The molecule has 4 nitrogen and oxygen atoms in total. The second-order valence-electron chi connectivity index (χ2n) is 16.5. The Morgan fingerprint density at radius 2 is 0.908 bits per heavy atom. The quantitative estimate of drug-likeness (QED) is 0.125. The lowest BCUT2D eigenvalue weighted by Crippen LogP contribution is -2.05. The molecule has 10 rings (SSSR count). The molecule has 0 saturated heterocycles. The molecule has 0 saturated carbocycles. The topological polar surface area (TPSA) is 38.0 Å². The van der Waals surface area contributed by atoms with Crippen molar-refractivity contribution in [3.8, 4) is 50.8 Å². The molecule has 316 valence electrons. The summed E-state index contributed by atoms with van der Waals surface area (Å²) in [7, 11) is 0. The molecule has 0 unspecified atom stereocenters. The molecule has 0 spiro atoms. The van der Waals surface area contributed by atoms with E-state index in [1.54, 1.807) is 38.1 Å². The van der Waals surface area contributed by atoms with Crippen molar-refractivity contribution in [1.29, 1.82) is 5.26 Å². The normalized spacial score (nSPS) is 12.0. The minimum Gasteiger partial charge on any atom is -0.308 e. The van der Waals surface area contributed by atoms with E-state index >= 15 is 0 Å². The molecule has 0 aliphatic carbocycles. The van der Waals surface area contributed by atoms with Gasteiger partial charge in [-0.25, -0.2) is 4.85 Å². The molecule has 0 aliphatic heterocycles. The molecule has 10 heteroatoms. The average Bonchev–Trinajstić information content (AvgIpc) is 3.79. The Kier molecular flexibility index (Phi) is 9.47. The number of hydrogen-bond acceptors (Lipinski definition) is 1. The first kappa shape index (κ1) is 41.0. The summed E-state index contributed by atoms with van der Waals surface area (Å²) >= 11 is 0. The number of fused-ring (bicyclic) bond motifs is 6. The van der Waals surface area contributed by atoms with Crippen LogP contribution in [0.4, 0.5) is 32.0 Å². The van der Waals surface area contributed by atoms with E-state index in [-0.39, 0.29) is 0 Å². The van der Waals surface area contributed by atoms with Gasteiger partial charge in [-0.2, -0.15) is 31.6 Å². The van der Waals surface area contributed by atoms with Crippen molar-refractivity contribution in [2.24, 2.45) is 0 Å². The predicted octanol–water partition coefficient (Wildman–Crippen LogP) is 16.3. The van der Waals surface area contributed by atoms with Gasteiger partial charge in [0, 0.05) is 21.5 Å². The maximum Gasteiger partial charge on any atom is 0.416 e. The molecule has 10 aromatic rings. The Balaban J connectivity index is 1.29. The molecule has 0 N–H and O–H groups in total. The van der Waals surface area contributed by atoms with Gasteiger partial charge in [-0.05, 0) is 156 Å². The molecule has 0 radical (unpaired) electrons. The molecule has 2 aromatic heterocycles. The highest BCUT2D eigenvalue weighted by Crippen LogP contribution is 2.45. The standard InChI is InChI=1S/C55H34F6N4/c1-31-17-34(30-62)23-39(20-31)44-28-52(64-48-11-7-5-9-42(48)45-26-35(13-15-50(45)64)37-18-32(2)21-40(24-37)54(56,57)58)53(29-47(44)63-4)65-49-12-8-6-10-43(49)46-27-36(14-16-51(46)65)38-19-33(3)22-41(25-38)55(59,60)61/h5-29H,1-3H3. The minimum absolute atomic E-state index is 0.322. The number of para-hydroxylation sites is 2. The van der Waals surface area contributed by atoms with Gasteiger partial charge >= 0.3 is 12.4 Å². The number of nitriles is 1. The Hall–Kier alpha value is -8.08. The van der Waals surface area contributed by atoms with Crippen LogP contribution in [0.5, 0.6) is 0 Å². The van der Waals surface area contributed by atoms with Gasteiger partial charge in [0.2, 0.25) is 0 Å². The Labute approximate surface area is 369 Å². The molecule has 0 amide bonds. The molecule has 0 atom stereocenters. The summed E-state index contributed by atoms with van der Waals surface area (Å²) in [5.74, 6) is 0. The third-order valence-electron chi connectivity index (χ3n) is 12.0. The molecule has 2 heterocycles. The fourth-order valence-corrected chi connectivity index (χ4v) is 9.30. The molecule has 0 fully saturated rings. The molecule has 65 heavy (non-hydrogen) atoms. The van der Waals surface area contributed by atoms with E-state index in [0.29, 0.717) is 67.1 Å². The van der Waals surface area contributed by atoms with Crippen molar-refractivity contribution < 1.29 is 26.3 Å². The van der Waals surface area contributed by atoms with Crippen molar-refractivity contribution >= 4 is 49.3 Å². The number of aryl methyl sites for hydroxylation is 3. The number of hydrogen-bond donors (Lipinski definition) is 0.